The summed E-state index contributed by atoms with van der Waals surface area (Å²) in [6, 6.07) is 0. The molecule has 0 bridgehead atoms. The number of hydrogen-bond donors (Lipinski definition) is 1. The minimum Gasteiger partial charge on any atom is -0.396 e. The van der Waals surface area contributed by atoms with Gasteiger partial charge in [-0.1, -0.05) is 64.2 Å². The smallest absolute Gasteiger partial charge is 0.0431 e. The van der Waals surface area contributed by atoms with Crippen molar-refractivity contribution < 1.29 is 5.11 Å². The Labute approximate surface area is 88.9 Å². The third kappa shape index (κ3) is 7.37. The van der Waals surface area contributed by atoms with Crippen LogP contribution in [0.15, 0.2) is 0 Å². The van der Waals surface area contributed by atoms with Crippen molar-refractivity contribution >= 4 is 0 Å². The van der Waals surface area contributed by atoms with E-state index in [1.807, 2.05) is 0 Å². The third-order valence-electron chi connectivity index (χ3n) is 3.22. The summed E-state index contributed by atoms with van der Waals surface area (Å²) in [6.45, 7) is 0.376. The van der Waals surface area contributed by atoms with Crippen LogP contribution in [-0.2, 0) is 0 Å². The van der Waals surface area contributed by atoms with Crippen molar-refractivity contribution in [3.63, 3.8) is 0 Å². The summed E-state index contributed by atoms with van der Waals surface area (Å²) in [5.74, 6) is 1.12. The van der Waals surface area contributed by atoms with Crippen molar-refractivity contribution in [3.8, 4) is 0 Å². The molecule has 1 saturated carbocycles. The van der Waals surface area contributed by atoms with Crippen LogP contribution in [0.4, 0.5) is 0 Å². The van der Waals surface area contributed by atoms with E-state index in [1.165, 1.54) is 64.2 Å². The highest BCUT2D eigenvalue weighted by molar-refractivity contribution is 4.72. The molecule has 14 heavy (non-hydrogen) atoms. The Hall–Kier alpha value is -0.0400. The van der Waals surface area contributed by atoms with Crippen LogP contribution in [0.1, 0.15) is 70.6 Å². The van der Waals surface area contributed by atoms with Crippen LogP contribution in [0.2, 0.25) is 0 Å². The molecule has 0 aromatic carbocycles. The maximum atomic E-state index is 8.60. The Bertz CT molecular complexity index is 118. The monoisotopic (exact) mass is 198 g/mol. The van der Waals surface area contributed by atoms with E-state index in [2.05, 4.69) is 0 Å². The Morgan fingerprint density at radius 1 is 0.714 bits per heavy atom. The molecule has 0 aromatic heterocycles. The van der Waals surface area contributed by atoms with Gasteiger partial charge >= 0.3 is 0 Å². The zero-order chi connectivity index (χ0) is 10.1. The van der Waals surface area contributed by atoms with Crippen molar-refractivity contribution in [3.05, 3.63) is 0 Å². The molecular weight excluding hydrogens is 172 g/mol. The van der Waals surface area contributed by atoms with E-state index in [1.54, 1.807) is 0 Å². The van der Waals surface area contributed by atoms with Crippen molar-refractivity contribution in [2.75, 3.05) is 6.61 Å². The van der Waals surface area contributed by atoms with E-state index in [0.717, 1.165) is 12.3 Å². The molecular formula is C13H26O. The van der Waals surface area contributed by atoms with Crippen LogP contribution in [0, 0.1) is 5.92 Å². The van der Waals surface area contributed by atoms with Crippen molar-refractivity contribution in [1.29, 1.82) is 0 Å². The highest BCUT2D eigenvalue weighted by Crippen LogP contribution is 2.34. The third-order valence-corrected chi connectivity index (χ3v) is 3.22. The summed E-state index contributed by atoms with van der Waals surface area (Å²) < 4.78 is 0. The number of unbranched alkanes of at least 4 members (excludes halogenated alkanes) is 7. The molecule has 0 heterocycles. The van der Waals surface area contributed by atoms with Gasteiger partial charge in [-0.2, -0.15) is 0 Å². The van der Waals surface area contributed by atoms with Crippen LogP contribution in [0.25, 0.3) is 0 Å². The number of aliphatic hydroxyl groups is 1. The summed E-state index contributed by atoms with van der Waals surface area (Å²) in [7, 11) is 0. The van der Waals surface area contributed by atoms with Gasteiger partial charge in [-0.3, -0.25) is 0 Å². The second-order valence-corrected chi connectivity index (χ2v) is 4.78. The second kappa shape index (κ2) is 8.28. The zero-order valence-corrected chi connectivity index (χ0v) is 9.51. The van der Waals surface area contributed by atoms with Crippen LogP contribution < -0.4 is 0 Å². The van der Waals surface area contributed by atoms with Gasteiger partial charge in [0.05, 0.1) is 0 Å². The molecule has 84 valence electrons. The van der Waals surface area contributed by atoms with Crippen LogP contribution in [0.3, 0.4) is 0 Å². The van der Waals surface area contributed by atoms with Crippen molar-refractivity contribution in [2.24, 2.45) is 5.92 Å². The average Bonchev–Trinajstić information content (AvgIpc) is 2.99. The Morgan fingerprint density at radius 2 is 1.21 bits per heavy atom. The lowest BCUT2D eigenvalue weighted by molar-refractivity contribution is 0.282. The molecule has 0 radical (unpaired) electrons. The minimum atomic E-state index is 0.376. The normalized spacial score (nSPS) is 16.1. The molecule has 1 heteroatoms. The molecule has 0 spiro atoms. The molecule has 0 aliphatic heterocycles. The van der Waals surface area contributed by atoms with Gasteiger partial charge in [-0.15, -0.1) is 0 Å². The maximum absolute atomic E-state index is 8.60. The summed E-state index contributed by atoms with van der Waals surface area (Å²) in [6.07, 6.45) is 15.2. The fraction of sp³-hybridized carbons (Fsp3) is 1.00. The van der Waals surface area contributed by atoms with Gasteiger partial charge in [0.25, 0.3) is 0 Å². The van der Waals surface area contributed by atoms with Crippen molar-refractivity contribution in [1.82, 2.24) is 0 Å². The van der Waals surface area contributed by atoms with E-state index < -0.39 is 0 Å². The van der Waals surface area contributed by atoms with E-state index in [-0.39, 0.29) is 0 Å². The quantitative estimate of drug-likeness (QED) is 0.528. The molecule has 1 aliphatic rings. The standard InChI is InChI=1S/C13H26O/c14-12-8-6-4-2-1-3-5-7-9-13-10-11-13/h13-14H,1-12H2. The molecule has 0 aromatic rings. The average molecular weight is 198 g/mol. The Kier molecular flexibility index (Phi) is 7.12. The summed E-state index contributed by atoms with van der Waals surface area (Å²) in [4.78, 5) is 0. The van der Waals surface area contributed by atoms with Gasteiger partial charge in [0.1, 0.15) is 0 Å². The lowest BCUT2D eigenvalue weighted by Gasteiger charge is -2.01. The summed E-state index contributed by atoms with van der Waals surface area (Å²) in [5, 5.41) is 8.60. The lowest BCUT2D eigenvalue weighted by Crippen LogP contribution is -1.84. The molecule has 0 saturated heterocycles. The summed E-state index contributed by atoms with van der Waals surface area (Å²) >= 11 is 0. The van der Waals surface area contributed by atoms with Gasteiger partial charge < -0.3 is 5.11 Å². The molecule has 1 aliphatic carbocycles. The molecule has 0 unspecified atom stereocenters. The van der Waals surface area contributed by atoms with E-state index >= 15 is 0 Å². The SMILES string of the molecule is OCCCCCCCCCCC1CC1. The highest BCUT2D eigenvalue weighted by atomic mass is 16.2. The first-order valence-electron chi connectivity index (χ1n) is 6.54. The maximum Gasteiger partial charge on any atom is 0.0431 e. The van der Waals surface area contributed by atoms with Gasteiger partial charge in [0.15, 0.2) is 0 Å². The fourth-order valence-corrected chi connectivity index (χ4v) is 2.01. The topological polar surface area (TPSA) is 20.2 Å². The van der Waals surface area contributed by atoms with E-state index in [9.17, 15) is 0 Å². The van der Waals surface area contributed by atoms with Crippen LogP contribution in [-0.4, -0.2) is 11.7 Å². The first-order chi connectivity index (χ1) is 6.93. The minimum absolute atomic E-state index is 0.376. The Balaban J connectivity index is 1.63. The molecule has 0 atom stereocenters. The number of hydrogen-bond acceptors (Lipinski definition) is 1. The van der Waals surface area contributed by atoms with E-state index in [0.29, 0.717) is 6.61 Å². The van der Waals surface area contributed by atoms with E-state index in [4.69, 9.17) is 5.11 Å². The molecule has 1 nitrogen and oxygen atoms in total. The first-order valence-corrected chi connectivity index (χ1v) is 6.54. The lowest BCUT2D eigenvalue weighted by atomic mass is 10.1. The Morgan fingerprint density at radius 3 is 1.71 bits per heavy atom. The largest absolute Gasteiger partial charge is 0.396 e. The predicted molar refractivity (Wildman–Crippen MR) is 61.4 cm³/mol. The second-order valence-electron chi connectivity index (χ2n) is 4.78. The first kappa shape index (κ1) is 12.0. The van der Waals surface area contributed by atoms with Gasteiger partial charge in [-0.25, -0.2) is 0 Å². The highest BCUT2D eigenvalue weighted by Gasteiger charge is 2.19. The predicted octanol–water partition coefficient (Wildman–Crippen LogP) is 3.90. The van der Waals surface area contributed by atoms with Crippen LogP contribution in [0.5, 0.6) is 0 Å². The number of rotatable bonds is 10. The summed E-state index contributed by atoms with van der Waals surface area (Å²) in [5.41, 5.74) is 0. The van der Waals surface area contributed by atoms with Gasteiger partial charge in [-0.05, 0) is 12.3 Å². The fourth-order valence-electron chi connectivity index (χ4n) is 2.01. The van der Waals surface area contributed by atoms with Gasteiger partial charge in [0, 0.05) is 6.61 Å². The van der Waals surface area contributed by atoms with Crippen LogP contribution >= 0.6 is 0 Å². The van der Waals surface area contributed by atoms with Gasteiger partial charge in [0.2, 0.25) is 0 Å². The zero-order valence-electron chi connectivity index (χ0n) is 9.51. The van der Waals surface area contributed by atoms with Crippen molar-refractivity contribution in [2.45, 2.75) is 70.6 Å². The molecule has 1 N–H and O–H groups in total. The molecule has 1 rings (SSSR count). The number of aliphatic hydroxyl groups excluding tert-OH is 1. The molecule has 1 fully saturated rings. The molecule has 0 amide bonds.